The summed E-state index contributed by atoms with van der Waals surface area (Å²) in [6.07, 6.45) is 1.11. The highest BCUT2D eigenvalue weighted by molar-refractivity contribution is 5.97. The van der Waals surface area contributed by atoms with E-state index < -0.39 is 22.8 Å². The molecule has 2 atom stereocenters. The molecule has 0 radical (unpaired) electrons. The Morgan fingerprint density at radius 3 is 2.69 bits per heavy atom. The number of nitrogens with zero attached hydrogens (tertiary/aromatic N) is 2. The standard InChI is InChI=1S/C22H24N4O6/c1-14-5-4-10-25(12-14)16-9-8-15(11-17(16)26(29)30)21(27)23-24-22(28)20-13-31-18-6-2-3-7-19(18)32-20/h2-3,6-9,11,14,20H,4-5,10,12-13H2,1H3,(H,23,27)(H,24,28)/t14-,20-/m1/s1. The van der Waals surface area contributed by atoms with Gasteiger partial charge in [0.25, 0.3) is 17.5 Å². The Hall–Kier alpha value is -3.82. The van der Waals surface area contributed by atoms with Crippen LogP contribution in [0.4, 0.5) is 11.4 Å². The van der Waals surface area contributed by atoms with Crippen LogP contribution in [0.5, 0.6) is 11.5 Å². The Bertz CT molecular complexity index is 1040. The van der Waals surface area contributed by atoms with Gasteiger partial charge in [-0.05, 0) is 43.0 Å². The molecule has 0 bridgehead atoms. The number of nitrogens with one attached hydrogen (secondary N) is 2. The van der Waals surface area contributed by atoms with Crippen LogP contribution in [-0.2, 0) is 4.79 Å². The van der Waals surface area contributed by atoms with Crippen LogP contribution in [0.3, 0.4) is 0 Å². The van der Waals surface area contributed by atoms with Crippen LogP contribution in [0.1, 0.15) is 30.1 Å². The van der Waals surface area contributed by atoms with Gasteiger partial charge in [0, 0.05) is 24.7 Å². The minimum Gasteiger partial charge on any atom is -0.485 e. The number of benzene rings is 2. The summed E-state index contributed by atoms with van der Waals surface area (Å²) < 4.78 is 11.1. The zero-order chi connectivity index (χ0) is 22.7. The molecule has 2 aromatic carbocycles. The zero-order valence-electron chi connectivity index (χ0n) is 17.6. The normalized spacial score (nSPS) is 19.7. The summed E-state index contributed by atoms with van der Waals surface area (Å²) in [7, 11) is 0. The number of rotatable bonds is 4. The number of nitro groups is 1. The van der Waals surface area contributed by atoms with E-state index in [2.05, 4.69) is 17.8 Å². The van der Waals surface area contributed by atoms with Crippen molar-refractivity contribution in [3.63, 3.8) is 0 Å². The van der Waals surface area contributed by atoms with Gasteiger partial charge >= 0.3 is 0 Å². The number of amides is 2. The summed E-state index contributed by atoms with van der Waals surface area (Å²) in [6, 6.07) is 11.3. The summed E-state index contributed by atoms with van der Waals surface area (Å²) in [5.41, 5.74) is 4.99. The van der Waals surface area contributed by atoms with E-state index in [1.165, 1.54) is 12.1 Å². The second-order valence-electron chi connectivity index (χ2n) is 7.96. The Balaban J connectivity index is 1.40. The van der Waals surface area contributed by atoms with E-state index in [9.17, 15) is 19.7 Å². The van der Waals surface area contributed by atoms with Crippen molar-refractivity contribution in [1.29, 1.82) is 0 Å². The third-order valence-corrected chi connectivity index (χ3v) is 5.53. The first kappa shape index (κ1) is 21.4. The number of hydrogen-bond donors (Lipinski definition) is 2. The molecule has 168 valence electrons. The molecule has 2 aromatic rings. The number of piperidine rings is 1. The highest BCUT2D eigenvalue weighted by Crippen LogP contribution is 2.33. The van der Waals surface area contributed by atoms with Crippen LogP contribution in [0, 0.1) is 16.0 Å². The lowest BCUT2D eigenvalue weighted by Crippen LogP contribution is -2.50. The second kappa shape index (κ2) is 9.13. The highest BCUT2D eigenvalue weighted by atomic mass is 16.6. The summed E-state index contributed by atoms with van der Waals surface area (Å²) >= 11 is 0. The highest BCUT2D eigenvalue weighted by Gasteiger charge is 2.28. The van der Waals surface area contributed by atoms with Crippen molar-refractivity contribution in [3.8, 4) is 11.5 Å². The predicted octanol–water partition coefficient (Wildman–Crippen LogP) is 2.43. The van der Waals surface area contributed by atoms with Crippen molar-refractivity contribution < 1.29 is 24.0 Å². The van der Waals surface area contributed by atoms with E-state index in [-0.39, 0.29) is 17.9 Å². The van der Waals surface area contributed by atoms with Gasteiger partial charge < -0.3 is 14.4 Å². The summed E-state index contributed by atoms with van der Waals surface area (Å²) in [5, 5.41) is 11.6. The van der Waals surface area contributed by atoms with Crippen LogP contribution in [0.2, 0.25) is 0 Å². The topological polar surface area (TPSA) is 123 Å². The van der Waals surface area contributed by atoms with E-state index in [0.717, 1.165) is 25.9 Å². The van der Waals surface area contributed by atoms with Gasteiger partial charge in [0.05, 0.1) is 4.92 Å². The Kier molecular flexibility index (Phi) is 6.11. The van der Waals surface area contributed by atoms with Crippen LogP contribution < -0.4 is 25.2 Å². The first-order chi connectivity index (χ1) is 15.4. The molecule has 0 aliphatic carbocycles. The molecule has 10 nitrogen and oxygen atoms in total. The van der Waals surface area contributed by atoms with Crippen molar-refractivity contribution >= 4 is 23.2 Å². The Morgan fingerprint density at radius 1 is 1.16 bits per heavy atom. The van der Waals surface area contributed by atoms with Crippen molar-refractivity contribution in [2.45, 2.75) is 25.9 Å². The molecule has 0 spiro atoms. The van der Waals surface area contributed by atoms with Crippen molar-refractivity contribution in [2.24, 2.45) is 5.92 Å². The maximum absolute atomic E-state index is 12.5. The number of nitro benzene ring substituents is 1. The second-order valence-corrected chi connectivity index (χ2v) is 7.96. The smallest absolute Gasteiger partial charge is 0.293 e. The molecule has 32 heavy (non-hydrogen) atoms. The lowest BCUT2D eigenvalue weighted by molar-refractivity contribution is -0.384. The fourth-order valence-electron chi connectivity index (χ4n) is 3.91. The lowest BCUT2D eigenvalue weighted by Gasteiger charge is -2.32. The van der Waals surface area contributed by atoms with Crippen LogP contribution in [0.15, 0.2) is 42.5 Å². The number of hydrazine groups is 1. The molecular weight excluding hydrogens is 416 g/mol. The minimum atomic E-state index is -0.942. The predicted molar refractivity (Wildman–Crippen MR) is 116 cm³/mol. The van der Waals surface area contributed by atoms with Gasteiger partial charge in [-0.15, -0.1) is 0 Å². The van der Waals surface area contributed by atoms with Gasteiger partial charge in [0.1, 0.15) is 12.3 Å². The van der Waals surface area contributed by atoms with Crippen LogP contribution >= 0.6 is 0 Å². The molecule has 0 aromatic heterocycles. The molecule has 0 unspecified atom stereocenters. The number of carbonyl (C=O) groups excluding carboxylic acids is 2. The summed E-state index contributed by atoms with van der Waals surface area (Å²) in [6.45, 7) is 3.57. The van der Waals surface area contributed by atoms with Crippen molar-refractivity contribution in [1.82, 2.24) is 10.9 Å². The number of hydrogen-bond acceptors (Lipinski definition) is 7. The van der Waals surface area contributed by atoms with Crippen molar-refractivity contribution in [3.05, 3.63) is 58.1 Å². The average Bonchev–Trinajstić information content (AvgIpc) is 2.81. The number of anilines is 1. The molecule has 1 fully saturated rings. The fourth-order valence-corrected chi connectivity index (χ4v) is 3.91. The summed E-state index contributed by atoms with van der Waals surface area (Å²) in [4.78, 5) is 38.0. The molecule has 2 aliphatic rings. The third-order valence-electron chi connectivity index (χ3n) is 5.53. The maximum Gasteiger partial charge on any atom is 0.293 e. The SMILES string of the molecule is C[C@@H]1CCCN(c2ccc(C(=O)NNC(=O)[C@H]3COc4ccccc4O3)cc2[N+](=O)[O-])C1. The maximum atomic E-state index is 12.5. The minimum absolute atomic E-state index is 0.00680. The monoisotopic (exact) mass is 440 g/mol. The molecule has 2 N–H and O–H groups in total. The van der Waals surface area contributed by atoms with E-state index in [0.29, 0.717) is 23.1 Å². The molecule has 4 rings (SSSR count). The van der Waals surface area contributed by atoms with Gasteiger partial charge in [-0.25, -0.2) is 0 Å². The van der Waals surface area contributed by atoms with E-state index in [1.807, 2.05) is 4.90 Å². The third kappa shape index (κ3) is 4.58. The van der Waals surface area contributed by atoms with Crippen LogP contribution in [-0.4, -0.2) is 42.5 Å². The number of carbonyl (C=O) groups is 2. The molecule has 2 aliphatic heterocycles. The molecule has 0 saturated carbocycles. The largest absolute Gasteiger partial charge is 0.485 e. The van der Waals surface area contributed by atoms with E-state index in [1.54, 1.807) is 30.3 Å². The van der Waals surface area contributed by atoms with E-state index >= 15 is 0 Å². The lowest BCUT2D eigenvalue weighted by atomic mass is 9.99. The summed E-state index contributed by atoms with van der Waals surface area (Å²) in [5.74, 6) is 0.150. The molecule has 2 amide bonds. The van der Waals surface area contributed by atoms with Gasteiger partial charge in [-0.2, -0.15) is 0 Å². The van der Waals surface area contributed by atoms with Gasteiger partial charge in [0.2, 0.25) is 6.10 Å². The average molecular weight is 440 g/mol. The molecule has 10 heteroatoms. The van der Waals surface area contributed by atoms with Gasteiger partial charge in [-0.3, -0.25) is 30.6 Å². The van der Waals surface area contributed by atoms with Gasteiger partial charge in [0.15, 0.2) is 11.5 Å². The number of para-hydroxylation sites is 2. The molecular formula is C22H24N4O6. The number of ether oxygens (including phenoxy) is 2. The van der Waals surface area contributed by atoms with E-state index in [4.69, 9.17) is 9.47 Å². The Labute approximate surface area is 184 Å². The molecule has 2 heterocycles. The first-order valence-corrected chi connectivity index (χ1v) is 10.4. The zero-order valence-corrected chi connectivity index (χ0v) is 17.6. The van der Waals surface area contributed by atoms with Gasteiger partial charge in [-0.1, -0.05) is 19.1 Å². The van der Waals surface area contributed by atoms with Crippen molar-refractivity contribution in [2.75, 3.05) is 24.6 Å². The quantitative estimate of drug-likeness (QED) is 0.553. The Morgan fingerprint density at radius 2 is 1.94 bits per heavy atom. The van der Waals surface area contributed by atoms with Crippen LogP contribution in [0.25, 0.3) is 0 Å². The fraction of sp³-hybridized carbons (Fsp3) is 0.364. The molecule has 1 saturated heterocycles. The number of fused-ring (bicyclic) bond motifs is 1. The first-order valence-electron chi connectivity index (χ1n) is 10.4.